The Bertz CT molecular complexity index is 262. The molecule has 108 valence electrons. The molecule has 0 radical (unpaired) electrons. The highest BCUT2D eigenvalue weighted by molar-refractivity contribution is 5.86. The van der Waals surface area contributed by atoms with E-state index < -0.39 is 24.0 Å². The van der Waals surface area contributed by atoms with E-state index in [0.717, 1.165) is 12.8 Å². The van der Waals surface area contributed by atoms with Crippen LogP contribution >= 0.6 is 12.4 Å². The minimum atomic E-state index is -1.04. The molecule has 0 rings (SSSR count). The molecule has 7 heteroatoms. The highest BCUT2D eigenvalue weighted by Gasteiger charge is 2.25. The Hall–Kier alpha value is -0.850. The van der Waals surface area contributed by atoms with E-state index in [0.29, 0.717) is 13.0 Å². The summed E-state index contributed by atoms with van der Waals surface area (Å²) in [4.78, 5) is 22.5. The molecule has 2 unspecified atom stereocenters. The summed E-state index contributed by atoms with van der Waals surface area (Å²) in [6.07, 6.45) is 2.10. The first kappa shape index (κ1) is 19.5. The van der Waals surface area contributed by atoms with E-state index in [2.05, 4.69) is 5.32 Å². The monoisotopic (exact) mass is 281 g/mol. The fourth-order valence-corrected chi connectivity index (χ4v) is 1.41. The standard InChI is InChI=1S/C11H23N3O3.ClH/c1-7(2)9(11(16)17)14-10(15)8(13)5-3-4-6-12;/h7-9H,3-6,12-13H2,1-2H3,(H,14,15)(H,16,17);1H. The van der Waals surface area contributed by atoms with Crippen molar-refractivity contribution in [1.29, 1.82) is 0 Å². The number of nitrogens with two attached hydrogens (primary N) is 2. The van der Waals surface area contributed by atoms with Crippen molar-refractivity contribution in [1.82, 2.24) is 5.32 Å². The Morgan fingerprint density at radius 1 is 1.28 bits per heavy atom. The van der Waals surface area contributed by atoms with Gasteiger partial charge in [-0.05, 0) is 25.3 Å². The molecule has 0 fully saturated rings. The fraction of sp³-hybridized carbons (Fsp3) is 0.818. The number of halogens is 1. The minimum absolute atomic E-state index is 0. The van der Waals surface area contributed by atoms with Gasteiger partial charge >= 0.3 is 5.97 Å². The second-order valence-corrected chi connectivity index (χ2v) is 4.46. The molecule has 0 aromatic heterocycles. The zero-order valence-electron chi connectivity index (χ0n) is 10.9. The number of carboxylic acid groups (broad SMARTS) is 1. The normalized spacial score (nSPS) is 13.6. The van der Waals surface area contributed by atoms with Crippen molar-refractivity contribution in [3.05, 3.63) is 0 Å². The molecule has 6 N–H and O–H groups in total. The Morgan fingerprint density at radius 2 is 1.83 bits per heavy atom. The van der Waals surface area contributed by atoms with Crippen LogP contribution in [-0.2, 0) is 9.59 Å². The largest absolute Gasteiger partial charge is 0.480 e. The summed E-state index contributed by atoms with van der Waals surface area (Å²) in [6.45, 7) is 4.04. The third-order valence-corrected chi connectivity index (χ3v) is 2.54. The van der Waals surface area contributed by atoms with Gasteiger partial charge in [-0.1, -0.05) is 20.3 Å². The van der Waals surface area contributed by atoms with Gasteiger partial charge in [0.25, 0.3) is 0 Å². The van der Waals surface area contributed by atoms with Gasteiger partial charge in [-0.3, -0.25) is 4.79 Å². The predicted molar refractivity (Wildman–Crippen MR) is 72.5 cm³/mol. The van der Waals surface area contributed by atoms with Crippen LogP contribution in [0.25, 0.3) is 0 Å². The van der Waals surface area contributed by atoms with Gasteiger partial charge < -0.3 is 21.9 Å². The molecule has 0 aromatic carbocycles. The molecule has 0 saturated heterocycles. The highest BCUT2D eigenvalue weighted by atomic mass is 35.5. The maximum absolute atomic E-state index is 11.6. The molecular weight excluding hydrogens is 258 g/mol. The molecule has 1 amide bonds. The first-order valence-electron chi connectivity index (χ1n) is 5.89. The first-order chi connectivity index (χ1) is 7.90. The summed E-state index contributed by atoms with van der Waals surface area (Å²) >= 11 is 0. The lowest BCUT2D eigenvalue weighted by atomic mass is 10.0. The molecule has 6 nitrogen and oxygen atoms in total. The lowest BCUT2D eigenvalue weighted by Crippen LogP contribution is -2.50. The van der Waals surface area contributed by atoms with Gasteiger partial charge in [0.1, 0.15) is 6.04 Å². The third kappa shape index (κ3) is 7.47. The average Bonchev–Trinajstić information content (AvgIpc) is 2.24. The van der Waals surface area contributed by atoms with Crippen molar-refractivity contribution in [2.75, 3.05) is 6.54 Å². The van der Waals surface area contributed by atoms with Crippen LogP contribution in [0.5, 0.6) is 0 Å². The Morgan fingerprint density at radius 3 is 2.22 bits per heavy atom. The molecule has 0 spiro atoms. The summed E-state index contributed by atoms with van der Waals surface area (Å²) in [5.41, 5.74) is 11.0. The third-order valence-electron chi connectivity index (χ3n) is 2.54. The van der Waals surface area contributed by atoms with Crippen LogP contribution in [0.4, 0.5) is 0 Å². The number of rotatable bonds is 8. The van der Waals surface area contributed by atoms with Crippen LogP contribution in [0, 0.1) is 5.92 Å². The van der Waals surface area contributed by atoms with Crippen LogP contribution in [-0.4, -0.2) is 35.6 Å². The van der Waals surface area contributed by atoms with Crippen LogP contribution < -0.4 is 16.8 Å². The lowest BCUT2D eigenvalue weighted by Gasteiger charge is -2.20. The van der Waals surface area contributed by atoms with Crippen LogP contribution in [0.1, 0.15) is 33.1 Å². The number of unbranched alkanes of at least 4 members (excludes halogenated alkanes) is 1. The maximum atomic E-state index is 11.6. The fourth-order valence-electron chi connectivity index (χ4n) is 1.41. The van der Waals surface area contributed by atoms with E-state index >= 15 is 0 Å². The summed E-state index contributed by atoms with van der Waals surface area (Å²) in [7, 11) is 0. The van der Waals surface area contributed by atoms with Crippen LogP contribution in [0.2, 0.25) is 0 Å². The van der Waals surface area contributed by atoms with Gasteiger partial charge in [0.05, 0.1) is 6.04 Å². The lowest BCUT2D eigenvalue weighted by molar-refractivity contribution is -0.143. The number of carbonyl (C=O) groups excluding carboxylic acids is 1. The average molecular weight is 282 g/mol. The maximum Gasteiger partial charge on any atom is 0.326 e. The molecule has 2 atom stereocenters. The van der Waals surface area contributed by atoms with E-state index in [1.807, 2.05) is 0 Å². The van der Waals surface area contributed by atoms with Gasteiger partial charge in [0.2, 0.25) is 5.91 Å². The molecule has 0 saturated carbocycles. The molecule has 0 aliphatic rings. The van der Waals surface area contributed by atoms with Crippen molar-refractivity contribution in [2.24, 2.45) is 17.4 Å². The zero-order valence-corrected chi connectivity index (χ0v) is 11.7. The molecule has 0 aliphatic heterocycles. The molecule has 0 aromatic rings. The smallest absolute Gasteiger partial charge is 0.326 e. The summed E-state index contributed by atoms with van der Waals surface area (Å²) in [5, 5.41) is 11.4. The van der Waals surface area contributed by atoms with E-state index in [9.17, 15) is 9.59 Å². The van der Waals surface area contributed by atoms with Crippen molar-refractivity contribution >= 4 is 24.3 Å². The van der Waals surface area contributed by atoms with Crippen LogP contribution in [0.3, 0.4) is 0 Å². The van der Waals surface area contributed by atoms with E-state index in [-0.39, 0.29) is 18.3 Å². The molecule has 0 bridgehead atoms. The molecular formula is C11H24ClN3O3. The number of aliphatic carboxylic acids is 1. The predicted octanol–water partition coefficient (Wildman–Crippen LogP) is 0.0899. The highest BCUT2D eigenvalue weighted by Crippen LogP contribution is 2.04. The van der Waals surface area contributed by atoms with Crippen molar-refractivity contribution in [3.63, 3.8) is 0 Å². The minimum Gasteiger partial charge on any atom is -0.480 e. The number of hydrogen-bond donors (Lipinski definition) is 4. The first-order valence-corrected chi connectivity index (χ1v) is 5.89. The Balaban J connectivity index is 0. The number of hydrogen-bond acceptors (Lipinski definition) is 4. The molecule has 18 heavy (non-hydrogen) atoms. The van der Waals surface area contributed by atoms with E-state index in [1.54, 1.807) is 13.8 Å². The summed E-state index contributed by atoms with van der Waals surface area (Å²) in [6, 6.07) is -1.55. The quantitative estimate of drug-likeness (QED) is 0.470. The van der Waals surface area contributed by atoms with Gasteiger partial charge in [0.15, 0.2) is 0 Å². The zero-order chi connectivity index (χ0) is 13.4. The number of nitrogens with one attached hydrogen (secondary N) is 1. The van der Waals surface area contributed by atoms with Crippen molar-refractivity contribution < 1.29 is 14.7 Å². The molecule has 0 heterocycles. The van der Waals surface area contributed by atoms with Gasteiger partial charge in [-0.25, -0.2) is 4.79 Å². The van der Waals surface area contributed by atoms with E-state index in [4.69, 9.17) is 16.6 Å². The summed E-state index contributed by atoms with van der Waals surface area (Å²) in [5.74, 6) is -1.63. The van der Waals surface area contributed by atoms with E-state index in [1.165, 1.54) is 0 Å². The SMILES string of the molecule is CC(C)C(NC(=O)C(N)CCCCN)C(=O)O.Cl. The summed E-state index contributed by atoms with van der Waals surface area (Å²) < 4.78 is 0. The Labute approximate surface area is 114 Å². The number of carbonyl (C=O) groups is 2. The van der Waals surface area contributed by atoms with Crippen molar-refractivity contribution in [3.8, 4) is 0 Å². The topological polar surface area (TPSA) is 118 Å². The Kier molecular flexibility index (Phi) is 10.9. The van der Waals surface area contributed by atoms with Gasteiger partial charge in [-0.2, -0.15) is 0 Å². The van der Waals surface area contributed by atoms with Gasteiger partial charge in [-0.15, -0.1) is 12.4 Å². The van der Waals surface area contributed by atoms with Crippen molar-refractivity contribution in [2.45, 2.75) is 45.2 Å². The van der Waals surface area contributed by atoms with Crippen LogP contribution in [0.15, 0.2) is 0 Å². The second kappa shape index (κ2) is 10.1. The number of carboxylic acids is 1. The second-order valence-electron chi connectivity index (χ2n) is 4.46. The number of amides is 1. The molecule has 0 aliphatic carbocycles. The van der Waals surface area contributed by atoms with Gasteiger partial charge in [0, 0.05) is 0 Å².